The van der Waals surface area contributed by atoms with E-state index in [1.807, 2.05) is 0 Å². The number of esters is 3. The molecule has 0 aromatic rings. The van der Waals surface area contributed by atoms with Crippen LogP contribution in [0.4, 0.5) is 0 Å². The number of hydrogen-bond donors (Lipinski definition) is 0. The van der Waals surface area contributed by atoms with Crippen LogP contribution in [0.3, 0.4) is 0 Å². The number of unbranched alkanes of at least 4 members (excludes halogenated alkanes) is 4. The molecule has 7 heteroatoms. The molecule has 0 aromatic carbocycles. The molecule has 2 unspecified atom stereocenters. The van der Waals surface area contributed by atoms with Crippen LogP contribution in [0.5, 0.6) is 0 Å². The summed E-state index contributed by atoms with van der Waals surface area (Å²) < 4.78 is 17.4. The molecule has 302 valence electrons. The topological polar surface area (TPSA) is 82.1 Å². The van der Waals surface area contributed by atoms with E-state index >= 15 is 0 Å². The van der Waals surface area contributed by atoms with E-state index in [1.54, 1.807) is 0 Å². The van der Waals surface area contributed by atoms with Gasteiger partial charge in [0.1, 0.15) is 6.61 Å². The van der Waals surface area contributed by atoms with Gasteiger partial charge in [0.2, 0.25) is 0 Å². The first-order valence-electron chi connectivity index (χ1n) is 22.1. The van der Waals surface area contributed by atoms with Crippen LogP contribution < -0.4 is 0 Å². The van der Waals surface area contributed by atoms with Gasteiger partial charge in [0.15, 0.2) is 0 Å². The molecular formula is C46H77NO6. The second kappa shape index (κ2) is 31.8. The zero-order valence-electron chi connectivity index (χ0n) is 34.2. The highest BCUT2D eigenvalue weighted by Crippen LogP contribution is 2.34. The summed E-state index contributed by atoms with van der Waals surface area (Å²) in [6.45, 7) is 12.5. The number of ether oxygens (including phenoxy) is 3. The standard InChI is InChI=1S/C46H77NO6/c1-4-7-19-29-41-38-44(48)51-35-25-16-12-10-14-21-27-40(46(50)53-37-34-47-32-23-18-24-33-47)28-22-15-11-13-17-26-36-52-45(49)39-42(30-20-8-5-2)43(41)31-9-6-3/h40-42H,3-5,7-8,10-30,32-39H2,1-2H3. The van der Waals surface area contributed by atoms with Gasteiger partial charge in [-0.05, 0) is 94.2 Å². The van der Waals surface area contributed by atoms with Gasteiger partial charge in [-0.15, -0.1) is 0 Å². The molecule has 2 heterocycles. The van der Waals surface area contributed by atoms with E-state index in [0.29, 0.717) is 19.8 Å². The summed E-state index contributed by atoms with van der Waals surface area (Å²) in [6.07, 6.45) is 26.8. The average Bonchev–Trinajstić information content (AvgIpc) is 3.15. The van der Waals surface area contributed by atoms with Gasteiger partial charge >= 0.3 is 17.9 Å². The predicted molar refractivity (Wildman–Crippen MR) is 215 cm³/mol. The number of carbonyl (C=O) groups is 3. The molecule has 0 radical (unpaired) electrons. The van der Waals surface area contributed by atoms with Crippen LogP contribution in [0.15, 0.2) is 29.3 Å². The molecule has 53 heavy (non-hydrogen) atoms. The largest absolute Gasteiger partial charge is 0.466 e. The maximum atomic E-state index is 13.2. The molecule has 0 aliphatic carbocycles. The van der Waals surface area contributed by atoms with Crippen molar-refractivity contribution in [3.05, 3.63) is 29.3 Å². The molecule has 2 rings (SSSR count). The van der Waals surface area contributed by atoms with Gasteiger partial charge in [0.05, 0.1) is 32.0 Å². The highest BCUT2D eigenvalue weighted by molar-refractivity contribution is 5.72. The van der Waals surface area contributed by atoms with Crippen molar-refractivity contribution < 1.29 is 28.6 Å². The Bertz CT molecular complexity index is 1060. The lowest BCUT2D eigenvalue weighted by atomic mass is 9.79. The van der Waals surface area contributed by atoms with Crippen LogP contribution in [-0.4, -0.2) is 62.3 Å². The summed E-state index contributed by atoms with van der Waals surface area (Å²) >= 11 is 0. The minimum atomic E-state index is -0.182. The second-order valence-corrected chi connectivity index (χ2v) is 15.7. The van der Waals surface area contributed by atoms with Crippen LogP contribution in [0.2, 0.25) is 0 Å². The van der Waals surface area contributed by atoms with Crippen LogP contribution in [0.25, 0.3) is 0 Å². The summed E-state index contributed by atoms with van der Waals surface area (Å²) in [4.78, 5) is 42.0. The quantitative estimate of drug-likeness (QED) is 0.0853. The lowest BCUT2D eigenvalue weighted by Crippen LogP contribution is -2.33. The monoisotopic (exact) mass is 740 g/mol. The number of rotatable bonds is 12. The fourth-order valence-corrected chi connectivity index (χ4v) is 7.92. The van der Waals surface area contributed by atoms with Crippen molar-refractivity contribution in [3.63, 3.8) is 0 Å². The molecular weight excluding hydrogens is 663 g/mol. The maximum Gasteiger partial charge on any atom is 0.308 e. The molecule has 2 aliphatic heterocycles. The van der Waals surface area contributed by atoms with Crippen molar-refractivity contribution >= 4 is 17.9 Å². The van der Waals surface area contributed by atoms with Gasteiger partial charge in [-0.25, -0.2) is 0 Å². The zero-order valence-corrected chi connectivity index (χ0v) is 34.2. The lowest BCUT2D eigenvalue weighted by molar-refractivity contribution is -0.150. The SMILES string of the molecule is C=C=C=C=C1C(CCCCC)CC(=O)OCCCCCCCCC(C(=O)OCCN2CCCCC2)CCCCCCCCOC(=O)CC1CCCCC. The third-order valence-electron chi connectivity index (χ3n) is 11.2. The number of allylic oxidation sites excluding steroid dienone is 1. The van der Waals surface area contributed by atoms with Crippen LogP contribution >= 0.6 is 0 Å². The Morgan fingerprint density at radius 1 is 0.698 bits per heavy atom. The molecule has 7 nitrogen and oxygen atoms in total. The first kappa shape index (κ1) is 46.6. The van der Waals surface area contributed by atoms with E-state index in [4.69, 9.17) is 14.2 Å². The Morgan fingerprint density at radius 2 is 1.17 bits per heavy atom. The number of likely N-dealkylation sites (tertiary alicyclic amines) is 1. The first-order valence-corrected chi connectivity index (χ1v) is 22.1. The van der Waals surface area contributed by atoms with E-state index in [9.17, 15) is 14.4 Å². The fourth-order valence-electron chi connectivity index (χ4n) is 7.92. The van der Waals surface area contributed by atoms with Gasteiger partial charge < -0.3 is 14.2 Å². The summed E-state index contributed by atoms with van der Waals surface area (Å²) in [7, 11) is 0. The number of carbonyl (C=O) groups excluding carboxylic acids is 3. The molecule has 0 bridgehead atoms. The minimum absolute atomic E-state index is 0.00481. The molecule has 2 atom stereocenters. The lowest BCUT2D eigenvalue weighted by Gasteiger charge is -2.26. The van der Waals surface area contributed by atoms with Crippen molar-refractivity contribution in [2.24, 2.45) is 17.8 Å². The molecule has 2 saturated heterocycles. The number of hydrogen-bond acceptors (Lipinski definition) is 7. The second-order valence-electron chi connectivity index (χ2n) is 15.7. The summed E-state index contributed by atoms with van der Waals surface area (Å²) in [5.74, 6) is -0.511. The van der Waals surface area contributed by atoms with E-state index in [0.717, 1.165) is 166 Å². The van der Waals surface area contributed by atoms with Crippen molar-refractivity contribution in [1.29, 1.82) is 0 Å². The molecule has 2 fully saturated rings. The average molecular weight is 740 g/mol. The zero-order chi connectivity index (χ0) is 38.2. The van der Waals surface area contributed by atoms with E-state index in [1.165, 1.54) is 19.3 Å². The Labute approximate surface area is 324 Å². The summed E-state index contributed by atoms with van der Waals surface area (Å²) in [6, 6.07) is 0. The van der Waals surface area contributed by atoms with E-state index in [2.05, 4.69) is 42.5 Å². The molecule has 0 saturated carbocycles. The Hall–Kier alpha value is -2.55. The molecule has 0 spiro atoms. The Kier molecular flexibility index (Phi) is 27.9. The third-order valence-corrected chi connectivity index (χ3v) is 11.2. The molecule has 0 aromatic heterocycles. The van der Waals surface area contributed by atoms with Crippen molar-refractivity contribution in [2.75, 3.05) is 39.5 Å². The normalized spacial score (nSPS) is 23.4. The van der Waals surface area contributed by atoms with Gasteiger partial charge in [-0.1, -0.05) is 134 Å². The van der Waals surface area contributed by atoms with Gasteiger partial charge in [-0.2, -0.15) is 0 Å². The Balaban J connectivity index is 2.04. The van der Waals surface area contributed by atoms with Crippen molar-refractivity contribution in [3.8, 4) is 0 Å². The van der Waals surface area contributed by atoms with Crippen molar-refractivity contribution in [2.45, 2.75) is 187 Å². The minimum Gasteiger partial charge on any atom is -0.466 e. The highest BCUT2D eigenvalue weighted by Gasteiger charge is 2.28. The highest BCUT2D eigenvalue weighted by atomic mass is 16.5. The van der Waals surface area contributed by atoms with Gasteiger partial charge in [-0.3, -0.25) is 19.3 Å². The van der Waals surface area contributed by atoms with Crippen LogP contribution in [0, 0.1) is 17.8 Å². The van der Waals surface area contributed by atoms with Crippen molar-refractivity contribution in [1.82, 2.24) is 4.90 Å². The molecule has 2 aliphatic rings. The third kappa shape index (κ3) is 23.1. The van der Waals surface area contributed by atoms with E-state index < -0.39 is 0 Å². The maximum absolute atomic E-state index is 13.2. The van der Waals surface area contributed by atoms with Gasteiger partial charge in [0, 0.05) is 6.54 Å². The number of nitrogens with zero attached hydrogens (tertiary/aromatic N) is 1. The summed E-state index contributed by atoms with van der Waals surface area (Å²) in [5, 5.41) is 0. The molecule has 0 amide bonds. The smallest absolute Gasteiger partial charge is 0.308 e. The number of piperidine rings is 1. The number of cyclic esters (lactones) is 2. The van der Waals surface area contributed by atoms with E-state index in [-0.39, 0.29) is 48.5 Å². The fraction of sp³-hybridized carbons (Fsp3) is 0.826. The van der Waals surface area contributed by atoms with Gasteiger partial charge in [0.25, 0.3) is 0 Å². The van der Waals surface area contributed by atoms with Crippen LogP contribution in [-0.2, 0) is 28.6 Å². The first-order chi connectivity index (χ1) is 26.0. The molecule has 0 N–H and O–H groups in total. The van der Waals surface area contributed by atoms with Crippen LogP contribution in [0.1, 0.15) is 187 Å². The Morgan fingerprint density at radius 3 is 1.66 bits per heavy atom. The predicted octanol–water partition coefficient (Wildman–Crippen LogP) is 11.4. The summed E-state index contributed by atoms with van der Waals surface area (Å²) in [5.41, 5.74) is 9.95.